The summed E-state index contributed by atoms with van der Waals surface area (Å²) in [5.41, 5.74) is 2.23. The van der Waals surface area contributed by atoms with E-state index in [1.54, 1.807) is 4.90 Å². The second-order valence-electron chi connectivity index (χ2n) is 9.60. The molecule has 2 saturated heterocycles. The molecule has 0 radical (unpaired) electrons. The van der Waals surface area contributed by atoms with Gasteiger partial charge in [0.1, 0.15) is 9.71 Å². The van der Waals surface area contributed by atoms with Crippen molar-refractivity contribution in [3.63, 3.8) is 0 Å². The number of nitrogens with zero attached hydrogens (tertiary/aromatic N) is 3. The first-order valence-electron chi connectivity index (χ1n) is 12.3. The van der Waals surface area contributed by atoms with Gasteiger partial charge in [0.25, 0.3) is 5.91 Å². The number of anilines is 1. The maximum atomic E-state index is 13.4. The van der Waals surface area contributed by atoms with Gasteiger partial charge in [0.2, 0.25) is 17.7 Å². The zero-order chi connectivity index (χ0) is 24.7. The van der Waals surface area contributed by atoms with Crippen molar-refractivity contribution < 1.29 is 23.9 Å². The molecule has 1 saturated carbocycles. The van der Waals surface area contributed by atoms with Crippen LogP contribution in [0.25, 0.3) is 10.2 Å². The Morgan fingerprint density at radius 2 is 1.77 bits per heavy atom. The molecule has 4 heterocycles. The number of carbonyl (C=O) groups is 4. The second kappa shape index (κ2) is 9.66. The molecule has 3 aliphatic rings. The second-order valence-corrected chi connectivity index (χ2v) is 10.6. The standard InChI is InChI=1S/C25H30N4O5S/c1-14-13-15(2)26-22-19(14)20(21(35-22)25(33)28-9-11-34-12-10-28)27-18(30)7-8-29-23(31)16-5-3-4-6-17(16)24(29)32/h13,16-17H,3-12H2,1-2H3,(H,27,30). The fourth-order valence-corrected chi connectivity index (χ4v) is 6.71. The van der Waals surface area contributed by atoms with Crippen LogP contribution < -0.4 is 5.32 Å². The number of ether oxygens (including phenoxy) is 1. The van der Waals surface area contributed by atoms with Gasteiger partial charge in [-0.2, -0.15) is 0 Å². The number of hydrogen-bond donors (Lipinski definition) is 1. The number of carbonyl (C=O) groups excluding carboxylic acids is 4. The highest BCUT2D eigenvalue weighted by Crippen LogP contribution is 2.39. The van der Waals surface area contributed by atoms with Gasteiger partial charge in [-0.05, 0) is 38.3 Å². The lowest BCUT2D eigenvalue weighted by molar-refractivity contribution is -0.140. The van der Waals surface area contributed by atoms with Crippen LogP contribution in [0, 0.1) is 25.7 Å². The van der Waals surface area contributed by atoms with E-state index in [4.69, 9.17) is 4.74 Å². The summed E-state index contributed by atoms with van der Waals surface area (Å²) in [7, 11) is 0. The number of hydrogen-bond acceptors (Lipinski definition) is 7. The van der Waals surface area contributed by atoms with Crippen molar-refractivity contribution in [3.05, 3.63) is 22.2 Å². The van der Waals surface area contributed by atoms with E-state index in [1.165, 1.54) is 16.2 Å². The van der Waals surface area contributed by atoms with Crippen molar-refractivity contribution in [2.45, 2.75) is 46.0 Å². The Morgan fingerprint density at radius 3 is 2.43 bits per heavy atom. The molecule has 1 N–H and O–H groups in total. The third-order valence-corrected chi connectivity index (χ3v) is 8.31. The number of fused-ring (bicyclic) bond motifs is 2. The molecule has 9 nitrogen and oxygen atoms in total. The number of aryl methyl sites for hydroxylation is 2. The van der Waals surface area contributed by atoms with Crippen molar-refractivity contribution in [2.24, 2.45) is 11.8 Å². The van der Waals surface area contributed by atoms with Crippen LogP contribution in [0.1, 0.15) is 53.0 Å². The van der Waals surface area contributed by atoms with Gasteiger partial charge in [0.05, 0.1) is 30.7 Å². The fourth-order valence-electron chi connectivity index (χ4n) is 5.49. The van der Waals surface area contributed by atoms with Crippen molar-refractivity contribution in [1.29, 1.82) is 0 Å². The minimum absolute atomic E-state index is 0.0161. The lowest BCUT2D eigenvalue weighted by Gasteiger charge is -2.26. The van der Waals surface area contributed by atoms with E-state index in [9.17, 15) is 19.2 Å². The van der Waals surface area contributed by atoms with E-state index in [1.807, 2.05) is 19.9 Å². The first kappa shape index (κ1) is 23.9. The highest BCUT2D eigenvalue weighted by Gasteiger charge is 2.47. The zero-order valence-corrected chi connectivity index (χ0v) is 20.9. The molecule has 0 spiro atoms. The van der Waals surface area contributed by atoms with Gasteiger partial charge >= 0.3 is 0 Å². The van der Waals surface area contributed by atoms with Gasteiger partial charge in [0, 0.05) is 37.1 Å². The number of imide groups is 1. The lowest BCUT2D eigenvalue weighted by Crippen LogP contribution is -2.40. The van der Waals surface area contributed by atoms with Crippen molar-refractivity contribution in [3.8, 4) is 0 Å². The zero-order valence-electron chi connectivity index (χ0n) is 20.1. The summed E-state index contributed by atoms with van der Waals surface area (Å²) in [5.74, 6) is -1.24. The van der Waals surface area contributed by atoms with Crippen LogP contribution in [-0.2, 0) is 19.1 Å². The number of thiophene rings is 1. The van der Waals surface area contributed by atoms with Crippen molar-refractivity contribution >= 4 is 50.9 Å². The summed E-state index contributed by atoms with van der Waals surface area (Å²) in [6.07, 6.45) is 3.41. The Kier molecular flexibility index (Phi) is 6.59. The number of likely N-dealkylation sites (tertiary alicyclic amines) is 1. The summed E-state index contributed by atoms with van der Waals surface area (Å²) in [4.78, 5) is 60.7. The molecule has 4 amide bonds. The molecule has 0 aromatic carbocycles. The summed E-state index contributed by atoms with van der Waals surface area (Å²) >= 11 is 1.28. The lowest BCUT2D eigenvalue weighted by atomic mass is 9.81. The highest BCUT2D eigenvalue weighted by atomic mass is 32.1. The summed E-state index contributed by atoms with van der Waals surface area (Å²) in [5, 5.41) is 3.69. The Labute approximate surface area is 207 Å². The molecule has 2 aromatic rings. The number of morpholine rings is 1. The van der Waals surface area contributed by atoms with Gasteiger partial charge < -0.3 is 15.0 Å². The summed E-state index contributed by atoms with van der Waals surface area (Å²) in [6.45, 7) is 5.84. The van der Waals surface area contributed by atoms with Crippen LogP contribution in [-0.4, -0.2) is 71.3 Å². The van der Waals surface area contributed by atoms with Gasteiger partial charge in [-0.25, -0.2) is 4.98 Å². The number of aromatic nitrogens is 1. The number of nitrogens with one attached hydrogen (secondary N) is 1. The normalized spacial score (nSPS) is 22.6. The third-order valence-electron chi connectivity index (χ3n) is 7.24. The molecular formula is C25H30N4O5S. The Morgan fingerprint density at radius 1 is 1.11 bits per heavy atom. The average Bonchev–Trinajstić information content (AvgIpc) is 3.33. The van der Waals surface area contributed by atoms with Crippen LogP contribution in [0.4, 0.5) is 5.69 Å². The predicted molar refractivity (Wildman–Crippen MR) is 131 cm³/mol. The minimum atomic E-state index is -0.337. The average molecular weight is 499 g/mol. The topological polar surface area (TPSA) is 109 Å². The SMILES string of the molecule is Cc1cc(C)c2c(NC(=O)CCN3C(=O)C4CCCCC4C3=O)c(C(=O)N3CCOCC3)sc2n1. The quantitative estimate of drug-likeness (QED) is 0.635. The fraction of sp³-hybridized carbons (Fsp3) is 0.560. The Bertz CT molecular complexity index is 1180. The smallest absolute Gasteiger partial charge is 0.266 e. The van der Waals surface area contributed by atoms with Gasteiger partial charge in [-0.3, -0.25) is 24.1 Å². The molecule has 2 aliphatic heterocycles. The summed E-state index contributed by atoms with van der Waals surface area (Å²) in [6, 6.07) is 1.93. The molecule has 2 aromatic heterocycles. The van der Waals surface area contributed by atoms with Crippen molar-refractivity contribution in [1.82, 2.24) is 14.8 Å². The van der Waals surface area contributed by atoms with E-state index < -0.39 is 0 Å². The molecule has 186 valence electrons. The van der Waals surface area contributed by atoms with E-state index in [-0.39, 0.29) is 48.4 Å². The van der Waals surface area contributed by atoms with E-state index >= 15 is 0 Å². The van der Waals surface area contributed by atoms with Crippen LogP contribution in [0.2, 0.25) is 0 Å². The predicted octanol–water partition coefficient (Wildman–Crippen LogP) is 2.89. The Hall–Kier alpha value is -2.85. The largest absolute Gasteiger partial charge is 0.378 e. The Balaban J connectivity index is 1.37. The molecule has 1 aliphatic carbocycles. The minimum Gasteiger partial charge on any atom is -0.378 e. The van der Waals surface area contributed by atoms with Gasteiger partial charge in [-0.15, -0.1) is 11.3 Å². The van der Waals surface area contributed by atoms with E-state index in [2.05, 4.69) is 10.3 Å². The van der Waals surface area contributed by atoms with Crippen LogP contribution in [0.3, 0.4) is 0 Å². The van der Waals surface area contributed by atoms with Crippen LogP contribution >= 0.6 is 11.3 Å². The van der Waals surface area contributed by atoms with Gasteiger partial charge in [-0.1, -0.05) is 12.8 Å². The summed E-state index contributed by atoms with van der Waals surface area (Å²) < 4.78 is 5.38. The molecule has 10 heteroatoms. The molecule has 2 unspecified atom stereocenters. The van der Waals surface area contributed by atoms with Crippen molar-refractivity contribution in [2.75, 3.05) is 38.2 Å². The number of rotatable bonds is 5. The number of pyridine rings is 1. The molecule has 0 bridgehead atoms. The van der Waals surface area contributed by atoms with E-state index in [0.29, 0.717) is 41.7 Å². The molecule has 2 atom stereocenters. The molecular weight excluding hydrogens is 468 g/mol. The monoisotopic (exact) mass is 498 g/mol. The third kappa shape index (κ3) is 4.45. The molecule has 5 rings (SSSR count). The highest BCUT2D eigenvalue weighted by molar-refractivity contribution is 7.21. The van der Waals surface area contributed by atoms with Gasteiger partial charge in [0.15, 0.2) is 0 Å². The van der Waals surface area contributed by atoms with E-state index in [0.717, 1.165) is 42.3 Å². The molecule has 35 heavy (non-hydrogen) atoms. The first-order valence-corrected chi connectivity index (χ1v) is 13.1. The maximum Gasteiger partial charge on any atom is 0.266 e. The number of amides is 4. The van der Waals surface area contributed by atoms with Crippen LogP contribution in [0.15, 0.2) is 6.07 Å². The van der Waals surface area contributed by atoms with Crippen LogP contribution in [0.5, 0.6) is 0 Å². The molecule has 3 fully saturated rings. The first-order chi connectivity index (χ1) is 16.8. The maximum absolute atomic E-state index is 13.4.